The molecule has 1 unspecified atom stereocenters. The van der Waals surface area contributed by atoms with Gasteiger partial charge in [-0.1, -0.05) is 141 Å². The van der Waals surface area contributed by atoms with E-state index in [0.29, 0.717) is 0 Å². The summed E-state index contributed by atoms with van der Waals surface area (Å²) < 4.78 is 6.53. The van der Waals surface area contributed by atoms with Gasteiger partial charge in [0.05, 0.1) is 11.1 Å². The van der Waals surface area contributed by atoms with Crippen molar-refractivity contribution < 1.29 is 4.42 Å². The Morgan fingerprint density at radius 3 is 1.78 bits per heavy atom. The monoisotopic (exact) mass is 689 g/mol. The topological polar surface area (TPSA) is 16.4 Å². The number of rotatable bonds is 3. The van der Waals surface area contributed by atoms with Crippen molar-refractivity contribution in [2.24, 2.45) is 0 Å². The molecule has 0 saturated carbocycles. The second kappa shape index (κ2) is 10.5. The summed E-state index contributed by atoms with van der Waals surface area (Å²) in [7, 11) is 0. The Balaban J connectivity index is 1.19. The summed E-state index contributed by atoms with van der Waals surface area (Å²) >= 11 is 0. The molecule has 54 heavy (non-hydrogen) atoms. The van der Waals surface area contributed by atoms with Gasteiger partial charge in [-0.25, -0.2) is 0 Å². The molecule has 12 rings (SSSR count). The Morgan fingerprint density at radius 2 is 1.00 bits per heavy atom. The maximum atomic E-state index is 6.53. The summed E-state index contributed by atoms with van der Waals surface area (Å²) in [6, 6.07) is 65.2. The van der Waals surface area contributed by atoms with Gasteiger partial charge in [-0.3, -0.25) is 0 Å². The van der Waals surface area contributed by atoms with Crippen molar-refractivity contribution in [3.05, 3.63) is 209 Å². The molecule has 9 aromatic rings. The average molecular weight is 690 g/mol. The van der Waals surface area contributed by atoms with E-state index in [0.717, 1.165) is 33.3 Å². The lowest BCUT2D eigenvalue weighted by molar-refractivity contribution is 0.660. The molecule has 1 heterocycles. The van der Waals surface area contributed by atoms with E-state index >= 15 is 0 Å². The van der Waals surface area contributed by atoms with Crippen molar-refractivity contribution in [1.29, 1.82) is 0 Å². The number of nitrogens with zero attached hydrogens (tertiary/aromatic N) is 1. The van der Waals surface area contributed by atoms with E-state index in [1.54, 1.807) is 0 Å². The predicted molar refractivity (Wildman–Crippen MR) is 222 cm³/mol. The molecule has 1 atom stereocenters. The molecule has 3 aliphatic rings. The fraction of sp³-hybridized carbons (Fsp3) is 0.0769. The van der Waals surface area contributed by atoms with Crippen LogP contribution in [-0.4, -0.2) is 0 Å². The number of para-hydroxylation sites is 2. The minimum absolute atomic E-state index is 0.123. The van der Waals surface area contributed by atoms with Crippen LogP contribution in [0.3, 0.4) is 0 Å². The fourth-order valence-electron chi connectivity index (χ4n) is 10.4. The Morgan fingerprint density at radius 1 is 0.389 bits per heavy atom. The maximum absolute atomic E-state index is 6.53. The number of anilines is 3. The van der Waals surface area contributed by atoms with Gasteiger partial charge in [0, 0.05) is 33.1 Å². The summed E-state index contributed by atoms with van der Waals surface area (Å²) in [6.07, 6.45) is 0. The molecule has 0 radical (unpaired) electrons. The van der Waals surface area contributed by atoms with Crippen LogP contribution in [0.4, 0.5) is 17.1 Å². The number of benzene rings is 8. The Bertz CT molecular complexity index is 3040. The molecule has 0 fully saturated rings. The first-order chi connectivity index (χ1) is 26.5. The molecule has 1 aromatic heterocycles. The predicted octanol–water partition coefficient (Wildman–Crippen LogP) is 13.7. The SMILES string of the molecule is CC1(C)c2ccccc2-c2ccc(N(c3ccccc3)c3cccc4c3C3(c5ccccc5-c5cc6oc7ccccc7c6cc53)c3ccccc3-4)cc21. The molecular weight excluding hydrogens is 655 g/mol. The van der Waals surface area contributed by atoms with Crippen LogP contribution < -0.4 is 4.90 Å². The van der Waals surface area contributed by atoms with Gasteiger partial charge >= 0.3 is 0 Å². The first kappa shape index (κ1) is 29.9. The zero-order valence-electron chi connectivity index (χ0n) is 30.1. The summed E-state index contributed by atoms with van der Waals surface area (Å²) in [4.78, 5) is 2.51. The molecule has 2 heteroatoms. The Labute approximate surface area is 314 Å². The Hall–Kier alpha value is -6.64. The normalized spacial score (nSPS) is 16.6. The molecule has 254 valence electrons. The molecule has 0 N–H and O–H groups in total. The van der Waals surface area contributed by atoms with Gasteiger partial charge < -0.3 is 9.32 Å². The largest absolute Gasteiger partial charge is 0.456 e. The lowest BCUT2D eigenvalue weighted by Crippen LogP contribution is -2.28. The van der Waals surface area contributed by atoms with Crippen LogP contribution >= 0.6 is 0 Å². The van der Waals surface area contributed by atoms with Crippen LogP contribution in [0, 0.1) is 0 Å². The highest BCUT2D eigenvalue weighted by atomic mass is 16.3. The minimum atomic E-state index is -0.555. The quantitative estimate of drug-likeness (QED) is 0.184. The molecule has 0 saturated heterocycles. The van der Waals surface area contributed by atoms with E-state index < -0.39 is 5.41 Å². The smallest absolute Gasteiger partial charge is 0.136 e. The first-order valence-corrected chi connectivity index (χ1v) is 18.9. The van der Waals surface area contributed by atoms with E-state index in [1.165, 1.54) is 72.4 Å². The molecular formula is C52H35NO. The lowest BCUT2D eigenvalue weighted by atomic mass is 9.69. The van der Waals surface area contributed by atoms with Crippen LogP contribution in [0.25, 0.3) is 55.3 Å². The highest BCUT2D eigenvalue weighted by Crippen LogP contribution is 2.66. The van der Waals surface area contributed by atoms with E-state index in [2.05, 4.69) is 195 Å². The standard InChI is InChI=1S/C52H35NO/c1-51(2)42-22-10-6-17-34(42)37-28-27-33(29-45(37)51)53(32-15-4-3-5-16-32)47-25-14-21-39-35-18-7-11-23-43(35)52(50(39)47)44-24-12-8-19-36(44)40-31-49-41(30-46(40)52)38-20-9-13-26-48(38)54-49/h3-31H,1-2H3. The van der Waals surface area contributed by atoms with Gasteiger partial charge in [0.25, 0.3) is 0 Å². The Kier molecular flexibility index (Phi) is 5.81. The van der Waals surface area contributed by atoms with Gasteiger partial charge in [0.15, 0.2) is 0 Å². The van der Waals surface area contributed by atoms with Crippen LogP contribution in [0.5, 0.6) is 0 Å². The van der Waals surface area contributed by atoms with Gasteiger partial charge in [-0.2, -0.15) is 0 Å². The van der Waals surface area contributed by atoms with Gasteiger partial charge in [0.2, 0.25) is 0 Å². The number of hydrogen-bond acceptors (Lipinski definition) is 2. The third-order valence-corrected chi connectivity index (χ3v) is 12.7. The fourth-order valence-corrected chi connectivity index (χ4v) is 10.4. The second-order valence-corrected chi connectivity index (χ2v) is 15.6. The third-order valence-electron chi connectivity index (χ3n) is 12.7. The van der Waals surface area contributed by atoms with Crippen molar-refractivity contribution in [3.8, 4) is 33.4 Å². The molecule has 8 aromatic carbocycles. The van der Waals surface area contributed by atoms with E-state index in [9.17, 15) is 0 Å². The van der Waals surface area contributed by atoms with E-state index in [1.807, 2.05) is 0 Å². The molecule has 0 amide bonds. The first-order valence-electron chi connectivity index (χ1n) is 18.9. The molecule has 0 bridgehead atoms. The van der Waals surface area contributed by atoms with Crippen LogP contribution in [-0.2, 0) is 10.8 Å². The van der Waals surface area contributed by atoms with Crippen molar-refractivity contribution >= 4 is 39.0 Å². The maximum Gasteiger partial charge on any atom is 0.136 e. The van der Waals surface area contributed by atoms with Crippen LogP contribution in [0.1, 0.15) is 47.2 Å². The van der Waals surface area contributed by atoms with Gasteiger partial charge in [0.1, 0.15) is 11.2 Å². The number of hydrogen-bond donors (Lipinski definition) is 0. The van der Waals surface area contributed by atoms with E-state index in [4.69, 9.17) is 4.42 Å². The van der Waals surface area contributed by atoms with Gasteiger partial charge in [-0.05, 0) is 110 Å². The average Bonchev–Trinajstić information content (AvgIpc) is 3.90. The van der Waals surface area contributed by atoms with Crippen LogP contribution in [0.15, 0.2) is 180 Å². The molecule has 1 spiro atoms. The van der Waals surface area contributed by atoms with Crippen LogP contribution in [0.2, 0.25) is 0 Å². The highest BCUT2D eigenvalue weighted by Gasteiger charge is 2.53. The van der Waals surface area contributed by atoms with Crippen molar-refractivity contribution in [2.45, 2.75) is 24.7 Å². The van der Waals surface area contributed by atoms with Crippen molar-refractivity contribution in [3.63, 3.8) is 0 Å². The minimum Gasteiger partial charge on any atom is -0.456 e. The number of furan rings is 1. The zero-order valence-corrected chi connectivity index (χ0v) is 30.1. The second-order valence-electron chi connectivity index (χ2n) is 15.6. The van der Waals surface area contributed by atoms with Crippen molar-refractivity contribution in [1.82, 2.24) is 0 Å². The lowest BCUT2D eigenvalue weighted by Gasteiger charge is -2.36. The molecule has 2 nitrogen and oxygen atoms in total. The summed E-state index contributed by atoms with van der Waals surface area (Å²) in [5.74, 6) is 0. The number of fused-ring (bicyclic) bond motifs is 16. The molecule has 0 aliphatic heterocycles. The summed E-state index contributed by atoms with van der Waals surface area (Å²) in [5, 5.41) is 2.30. The third kappa shape index (κ3) is 3.65. The van der Waals surface area contributed by atoms with Crippen molar-refractivity contribution in [2.75, 3.05) is 4.90 Å². The van der Waals surface area contributed by atoms with Gasteiger partial charge in [-0.15, -0.1) is 0 Å². The van der Waals surface area contributed by atoms with E-state index in [-0.39, 0.29) is 5.41 Å². The molecule has 3 aliphatic carbocycles. The zero-order chi connectivity index (χ0) is 35.8. The highest BCUT2D eigenvalue weighted by molar-refractivity contribution is 6.09. The summed E-state index contributed by atoms with van der Waals surface area (Å²) in [6.45, 7) is 4.74. The summed E-state index contributed by atoms with van der Waals surface area (Å²) in [5.41, 5.74) is 20.4.